The molecule has 0 bridgehead atoms. The number of carbonyl (C=O) groups is 1. The Morgan fingerprint density at radius 2 is 1.64 bits per heavy atom. The number of rotatable bonds is 4. The number of piperidine rings is 1. The minimum atomic E-state index is -4.36. The third-order valence-corrected chi connectivity index (χ3v) is 7.06. The number of anilines is 1. The number of halogens is 5. The van der Waals surface area contributed by atoms with E-state index < -0.39 is 11.7 Å². The van der Waals surface area contributed by atoms with Gasteiger partial charge in [0, 0.05) is 54.4 Å². The lowest BCUT2D eigenvalue weighted by molar-refractivity contribution is -0.138. The van der Waals surface area contributed by atoms with Crippen LogP contribution in [0.4, 0.5) is 18.9 Å². The van der Waals surface area contributed by atoms with Crippen LogP contribution in [0.1, 0.15) is 24.0 Å². The average Bonchev–Trinajstić information content (AvgIpc) is 2.80. The third-order valence-electron chi connectivity index (χ3n) is 6.48. The SMILES string of the molecule is O=C(C1CCN(Cc2ccc(Cl)cc2Cl)CC1)N1CCN(c2cccc(C(F)(F)F)c2)CC1. The van der Waals surface area contributed by atoms with E-state index in [1.807, 2.05) is 21.9 Å². The van der Waals surface area contributed by atoms with Crippen molar-refractivity contribution in [2.45, 2.75) is 25.6 Å². The van der Waals surface area contributed by atoms with E-state index in [2.05, 4.69) is 4.90 Å². The van der Waals surface area contributed by atoms with Crippen molar-refractivity contribution in [1.82, 2.24) is 9.80 Å². The number of carbonyl (C=O) groups excluding carboxylic acids is 1. The second-order valence-corrected chi connectivity index (χ2v) is 9.49. The van der Waals surface area contributed by atoms with E-state index in [1.165, 1.54) is 12.1 Å². The van der Waals surface area contributed by atoms with Crippen LogP contribution in [-0.4, -0.2) is 55.0 Å². The number of amides is 1. The molecule has 0 radical (unpaired) electrons. The molecule has 33 heavy (non-hydrogen) atoms. The van der Waals surface area contributed by atoms with Crippen molar-refractivity contribution in [2.75, 3.05) is 44.2 Å². The summed E-state index contributed by atoms with van der Waals surface area (Å²) in [6, 6.07) is 10.9. The Morgan fingerprint density at radius 3 is 2.27 bits per heavy atom. The standard InChI is InChI=1S/C24H26Cl2F3N3O/c25-20-5-4-18(22(26)15-20)16-30-8-6-17(7-9-30)23(33)32-12-10-31(11-13-32)21-3-1-2-19(14-21)24(27,28)29/h1-5,14-15,17H,6-13,16H2. The number of hydrogen-bond acceptors (Lipinski definition) is 3. The van der Waals surface area contributed by atoms with Gasteiger partial charge in [-0.2, -0.15) is 13.2 Å². The van der Waals surface area contributed by atoms with Crippen LogP contribution in [0.25, 0.3) is 0 Å². The maximum absolute atomic E-state index is 13.0. The monoisotopic (exact) mass is 499 g/mol. The molecule has 178 valence electrons. The van der Waals surface area contributed by atoms with E-state index >= 15 is 0 Å². The van der Waals surface area contributed by atoms with Gasteiger partial charge < -0.3 is 9.80 Å². The van der Waals surface area contributed by atoms with Crippen molar-refractivity contribution < 1.29 is 18.0 Å². The van der Waals surface area contributed by atoms with E-state index in [9.17, 15) is 18.0 Å². The topological polar surface area (TPSA) is 26.8 Å². The summed E-state index contributed by atoms with van der Waals surface area (Å²) in [4.78, 5) is 19.1. The molecule has 2 aromatic carbocycles. The molecule has 2 aliphatic heterocycles. The third kappa shape index (κ3) is 5.94. The lowest BCUT2D eigenvalue weighted by Crippen LogP contribution is -2.51. The zero-order chi connectivity index (χ0) is 23.6. The highest BCUT2D eigenvalue weighted by atomic mass is 35.5. The molecule has 4 rings (SSSR count). The Labute approximate surface area is 201 Å². The Morgan fingerprint density at radius 1 is 0.939 bits per heavy atom. The summed E-state index contributed by atoms with van der Waals surface area (Å²) in [5.41, 5.74) is 0.924. The largest absolute Gasteiger partial charge is 0.416 e. The molecule has 0 spiro atoms. The zero-order valence-electron chi connectivity index (χ0n) is 18.1. The molecule has 2 aliphatic rings. The van der Waals surface area contributed by atoms with Gasteiger partial charge in [0.05, 0.1) is 5.56 Å². The van der Waals surface area contributed by atoms with E-state index in [0.717, 1.165) is 44.1 Å². The van der Waals surface area contributed by atoms with Crippen LogP contribution in [0.3, 0.4) is 0 Å². The van der Waals surface area contributed by atoms with Gasteiger partial charge in [-0.25, -0.2) is 0 Å². The van der Waals surface area contributed by atoms with Gasteiger partial charge in [-0.15, -0.1) is 0 Å². The first kappa shape index (κ1) is 24.2. The van der Waals surface area contributed by atoms with Crippen molar-refractivity contribution in [3.05, 3.63) is 63.6 Å². The fourth-order valence-electron chi connectivity index (χ4n) is 4.55. The van der Waals surface area contributed by atoms with E-state index in [1.54, 1.807) is 12.1 Å². The Bertz CT molecular complexity index is 985. The predicted octanol–water partition coefficient (Wildman–Crippen LogP) is 5.57. The minimum Gasteiger partial charge on any atom is -0.368 e. The molecule has 2 heterocycles. The summed E-state index contributed by atoms with van der Waals surface area (Å²) in [6.07, 6.45) is -2.78. The quantitative estimate of drug-likeness (QED) is 0.549. The summed E-state index contributed by atoms with van der Waals surface area (Å²) in [5, 5.41) is 1.26. The molecule has 9 heteroatoms. The highest BCUT2D eigenvalue weighted by molar-refractivity contribution is 6.35. The van der Waals surface area contributed by atoms with E-state index in [4.69, 9.17) is 23.2 Å². The average molecular weight is 500 g/mol. The van der Waals surface area contributed by atoms with Gasteiger partial charge >= 0.3 is 6.18 Å². The normalized spacial score (nSPS) is 18.6. The molecule has 0 N–H and O–H groups in total. The molecule has 2 aromatic rings. The Balaban J connectivity index is 1.27. The van der Waals surface area contributed by atoms with Crippen molar-refractivity contribution in [3.8, 4) is 0 Å². The van der Waals surface area contributed by atoms with Gasteiger partial charge in [0.15, 0.2) is 0 Å². The first-order valence-electron chi connectivity index (χ1n) is 11.1. The second kappa shape index (κ2) is 10.1. The van der Waals surface area contributed by atoms with Crippen LogP contribution in [0.2, 0.25) is 10.0 Å². The van der Waals surface area contributed by atoms with Crippen LogP contribution in [0.5, 0.6) is 0 Å². The maximum Gasteiger partial charge on any atom is 0.416 e. The summed E-state index contributed by atoms with van der Waals surface area (Å²) in [5.74, 6) is 0.143. The van der Waals surface area contributed by atoms with Crippen molar-refractivity contribution in [3.63, 3.8) is 0 Å². The number of likely N-dealkylation sites (tertiary alicyclic amines) is 1. The van der Waals surface area contributed by atoms with Gasteiger partial charge in [-0.05, 0) is 61.8 Å². The molecule has 0 aromatic heterocycles. The molecule has 0 saturated carbocycles. The first-order valence-corrected chi connectivity index (χ1v) is 11.8. The predicted molar refractivity (Wildman–Crippen MR) is 125 cm³/mol. The second-order valence-electron chi connectivity index (χ2n) is 8.65. The fraction of sp³-hybridized carbons (Fsp3) is 0.458. The number of benzene rings is 2. The summed E-state index contributed by atoms with van der Waals surface area (Å²) in [6.45, 7) is 4.47. The van der Waals surface area contributed by atoms with Gasteiger partial charge in [0.1, 0.15) is 0 Å². The van der Waals surface area contributed by atoms with Gasteiger partial charge in [0.2, 0.25) is 5.91 Å². The van der Waals surface area contributed by atoms with Crippen molar-refractivity contribution in [1.29, 1.82) is 0 Å². The molecule has 0 unspecified atom stereocenters. The summed E-state index contributed by atoms with van der Waals surface area (Å²) < 4.78 is 39.0. The van der Waals surface area contributed by atoms with Crippen LogP contribution >= 0.6 is 23.2 Å². The first-order chi connectivity index (χ1) is 15.7. The molecule has 2 saturated heterocycles. The maximum atomic E-state index is 13.0. The smallest absolute Gasteiger partial charge is 0.368 e. The number of piperazine rings is 1. The molecule has 0 atom stereocenters. The van der Waals surface area contributed by atoms with Gasteiger partial charge in [-0.3, -0.25) is 9.69 Å². The van der Waals surface area contributed by atoms with Gasteiger partial charge in [0.25, 0.3) is 0 Å². The Hall–Kier alpha value is -1.96. The highest BCUT2D eigenvalue weighted by Gasteiger charge is 2.33. The van der Waals surface area contributed by atoms with Crippen molar-refractivity contribution in [2.24, 2.45) is 5.92 Å². The molecule has 0 aliphatic carbocycles. The van der Waals surface area contributed by atoms with Crippen molar-refractivity contribution >= 4 is 34.8 Å². The lowest BCUT2D eigenvalue weighted by Gasteiger charge is -2.39. The van der Waals surface area contributed by atoms with Crippen LogP contribution in [-0.2, 0) is 17.5 Å². The van der Waals surface area contributed by atoms with Crippen LogP contribution in [0, 0.1) is 5.92 Å². The summed E-state index contributed by atoms with van der Waals surface area (Å²) >= 11 is 12.3. The zero-order valence-corrected chi connectivity index (χ0v) is 19.6. The fourth-order valence-corrected chi connectivity index (χ4v) is 5.02. The number of hydrogen-bond donors (Lipinski definition) is 0. The van der Waals surface area contributed by atoms with E-state index in [-0.39, 0.29) is 11.8 Å². The van der Waals surface area contributed by atoms with Crippen LogP contribution < -0.4 is 4.90 Å². The van der Waals surface area contributed by atoms with Gasteiger partial charge in [-0.1, -0.05) is 35.3 Å². The van der Waals surface area contributed by atoms with Crippen LogP contribution in [0.15, 0.2) is 42.5 Å². The number of nitrogens with zero attached hydrogens (tertiary/aromatic N) is 3. The molecular weight excluding hydrogens is 474 g/mol. The molecule has 4 nitrogen and oxygen atoms in total. The highest BCUT2D eigenvalue weighted by Crippen LogP contribution is 2.32. The molecule has 1 amide bonds. The molecular formula is C24H26Cl2F3N3O. The number of alkyl halides is 3. The lowest BCUT2D eigenvalue weighted by atomic mass is 9.94. The Kier molecular flexibility index (Phi) is 7.41. The molecule has 2 fully saturated rings. The minimum absolute atomic E-state index is 0.0120. The van der Waals surface area contributed by atoms with E-state index in [0.29, 0.717) is 41.9 Å². The summed E-state index contributed by atoms with van der Waals surface area (Å²) in [7, 11) is 0.